The van der Waals surface area contributed by atoms with Crippen molar-refractivity contribution in [1.82, 2.24) is 0 Å². The Morgan fingerprint density at radius 3 is 0.905 bits per heavy atom. The molecule has 0 heterocycles. The molecule has 0 spiro atoms. The molecule has 0 radical (unpaired) electrons. The molecule has 2 aromatic carbocycles. The quantitative estimate of drug-likeness (QED) is 0.419. The van der Waals surface area contributed by atoms with Crippen LogP contribution in [0, 0.1) is 14.9 Å². The van der Waals surface area contributed by atoms with Crippen LogP contribution in [0.5, 0.6) is 0 Å². The van der Waals surface area contributed by atoms with Gasteiger partial charge in [-0.25, -0.2) is 0 Å². The first kappa shape index (κ1) is 25.9. The largest absolute Gasteiger partial charge is 2.00 e. The van der Waals surface area contributed by atoms with E-state index in [0.29, 0.717) is 0 Å². The Bertz CT molecular complexity index is 384. The predicted octanol–water partition coefficient (Wildman–Crippen LogP) is 4.47. The van der Waals surface area contributed by atoms with Crippen molar-refractivity contribution in [3.8, 4) is 0 Å². The Morgan fingerprint density at radius 1 is 0.524 bits per heavy atom. The second-order valence-corrected chi connectivity index (χ2v) is 9.89. The second kappa shape index (κ2) is 14.9. The van der Waals surface area contributed by atoms with Gasteiger partial charge in [0.05, 0.1) is 37.3 Å². The van der Waals surface area contributed by atoms with Crippen molar-refractivity contribution < 1.29 is 21.1 Å². The van der Waals surface area contributed by atoms with Crippen molar-refractivity contribution in [2.75, 3.05) is 26.7 Å². The van der Waals surface area contributed by atoms with Crippen molar-refractivity contribution >= 4 is 26.5 Å². The van der Waals surface area contributed by atoms with E-state index in [1.54, 1.807) is 0 Å². The molecule has 0 amide bonds. The van der Waals surface area contributed by atoms with Gasteiger partial charge in [0.25, 0.3) is 0 Å². The first-order chi connectivity index (χ1) is 8.61. The summed E-state index contributed by atoms with van der Waals surface area (Å²) in [5.41, 5.74) is 0. The van der Waals surface area contributed by atoms with Crippen LogP contribution in [0.15, 0.2) is 60.7 Å². The maximum absolute atomic E-state index is 2.31. The van der Waals surface area contributed by atoms with Gasteiger partial charge < -0.3 is 14.9 Å². The summed E-state index contributed by atoms with van der Waals surface area (Å²) in [6.07, 6.45) is 0. The Labute approximate surface area is 149 Å². The van der Waals surface area contributed by atoms with E-state index in [1.807, 2.05) is 0 Å². The van der Waals surface area contributed by atoms with Crippen molar-refractivity contribution in [2.45, 2.75) is 0 Å². The summed E-state index contributed by atoms with van der Waals surface area (Å²) in [5.74, 6) is 0. The molecular weight excluding hydrogens is 473 g/mol. The zero-order valence-corrected chi connectivity index (χ0v) is 18.4. The van der Waals surface area contributed by atoms with Gasteiger partial charge in [-0.1, -0.05) is 36.4 Å². The maximum atomic E-state index is 2.31. The van der Waals surface area contributed by atoms with Gasteiger partial charge in [-0.05, 0) is 24.3 Å². The van der Waals surface area contributed by atoms with E-state index in [1.165, 1.54) is 10.6 Å². The van der Waals surface area contributed by atoms with Crippen LogP contribution in [-0.2, 0) is 21.1 Å². The van der Waals surface area contributed by atoms with Crippen molar-refractivity contribution in [3.63, 3.8) is 0 Å². The van der Waals surface area contributed by atoms with E-state index in [9.17, 15) is 0 Å². The molecule has 120 valence electrons. The molecule has 0 aliphatic carbocycles. The van der Waals surface area contributed by atoms with E-state index >= 15 is 0 Å². The van der Waals surface area contributed by atoms with Crippen LogP contribution < -0.4 is 10.6 Å². The van der Waals surface area contributed by atoms with E-state index in [-0.39, 0.29) is 51.8 Å². The Kier molecular flexibility index (Phi) is 18.4. The molecular formula is C18H30P2Pt+2. The molecule has 0 bridgehead atoms. The Hall–Kier alpha value is -0.0117. The number of rotatable bonds is 2. The monoisotopic (exact) mass is 503 g/mol. The van der Waals surface area contributed by atoms with Gasteiger partial charge in [0.2, 0.25) is 0 Å². The van der Waals surface area contributed by atoms with Crippen LogP contribution in [0.25, 0.3) is 0 Å². The zero-order chi connectivity index (χ0) is 13.4. The molecule has 0 N–H and O–H groups in total. The molecule has 0 aliphatic rings. The van der Waals surface area contributed by atoms with Crippen LogP contribution in [0.1, 0.15) is 0 Å². The normalized spacial score (nSPS) is 8.67. The topological polar surface area (TPSA) is 0 Å². The summed E-state index contributed by atoms with van der Waals surface area (Å²) in [4.78, 5) is 0. The summed E-state index contributed by atoms with van der Waals surface area (Å²) in [6, 6.07) is 21.4. The fraction of sp³-hybridized carbons (Fsp3) is 0.222. The predicted molar refractivity (Wildman–Crippen MR) is 105 cm³/mol. The van der Waals surface area contributed by atoms with Gasteiger partial charge in [-0.3, -0.25) is 0 Å². The summed E-state index contributed by atoms with van der Waals surface area (Å²) in [6.45, 7) is 9.22. The van der Waals surface area contributed by atoms with Gasteiger partial charge in [0, 0.05) is 15.8 Å². The van der Waals surface area contributed by atoms with Crippen LogP contribution in [0.3, 0.4) is 0 Å². The van der Waals surface area contributed by atoms with E-state index in [0.717, 1.165) is 0 Å². The number of hydrogen-bond acceptors (Lipinski definition) is 0. The molecule has 21 heavy (non-hydrogen) atoms. The van der Waals surface area contributed by atoms with Gasteiger partial charge in [-0.15, -0.1) is 0 Å². The van der Waals surface area contributed by atoms with Crippen LogP contribution in [0.4, 0.5) is 0 Å². The minimum absolute atomic E-state index is 0. The third kappa shape index (κ3) is 11.2. The van der Waals surface area contributed by atoms with Crippen LogP contribution in [-0.4, -0.2) is 26.7 Å². The molecule has 0 nitrogen and oxygen atoms in total. The molecule has 2 rings (SSSR count). The van der Waals surface area contributed by atoms with Crippen molar-refractivity contribution in [2.24, 2.45) is 0 Å². The summed E-state index contributed by atoms with van der Waals surface area (Å²) in [5, 5.41) is 3.03. The smallest absolute Gasteiger partial charge is 0.358 e. The number of hydrogen-bond donors (Lipinski definition) is 0. The molecule has 0 aromatic heterocycles. The van der Waals surface area contributed by atoms with Crippen LogP contribution in [0.2, 0.25) is 0 Å². The van der Waals surface area contributed by atoms with Crippen LogP contribution >= 0.6 is 15.8 Å². The molecule has 0 saturated carbocycles. The van der Waals surface area contributed by atoms with Crippen molar-refractivity contribution in [3.05, 3.63) is 75.5 Å². The van der Waals surface area contributed by atoms with E-state index in [2.05, 4.69) is 87.3 Å². The molecule has 0 unspecified atom stereocenters. The SMILES string of the molecule is C[PH+](C)c1ccccc1.C[PH+](C)c1ccccc1.[CH3-].[CH3-].[Pt+2]. The summed E-state index contributed by atoms with van der Waals surface area (Å²) in [7, 11) is -0.424. The molecule has 2 aromatic rings. The molecule has 0 fully saturated rings. The maximum Gasteiger partial charge on any atom is 2.00 e. The first-order valence-corrected chi connectivity index (χ1v) is 11.3. The molecule has 0 saturated heterocycles. The minimum Gasteiger partial charge on any atom is -0.358 e. The van der Waals surface area contributed by atoms with Crippen molar-refractivity contribution in [1.29, 1.82) is 0 Å². The molecule has 0 aliphatic heterocycles. The zero-order valence-electron chi connectivity index (χ0n) is 14.1. The molecule has 0 atom stereocenters. The molecule has 3 heteroatoms. The third-order valence-electron chi connectivity index (χ3n) is 2.70. The summed E-state index contributed by atoms with van der Waals surface area (Å²) >= 11 is 0. The van der Waals surface area contributed by atoms with Gasteiger partial charge >= 0.3 is 21.1 Å². The fourth-order valence-corrected chi connectivity index (χ4v) is 3.26. The number of benzene rings is 2. The average molecular weight is 503 g/mol. The Balaban J connectivity index is -0.000000270. The second-order valence-electron chi connectivity index (χ2n) is 4.73. The summed E-state index contributed by atoms with van der Waals surface area (Å²) < 4.78 is 0. The third-order valence-corrected chi connectivity index (χ3v) is 5.68. The minimum atomic E-state index is -0.212. The van der Waals surface area contributed by atoms with E-state index < -0.39 is 0 Å². The van der Waals surface area contributed by atoms with Gasteiger partial charge in [0.15, 0.2) is 0 Å². The average Bonchev–Trinajstić information content (AvgIpc) is 2.41. The standard InChI is InChI=1S/2C8H11P.2CH3.Pt/c2*1-9(2)8-6-4-3-5-7-8;;;/h2*3-7H,1-2H3;2*1H3;/q;;2*-1;+2/p+2. The van der Waals surface area contributed by atoms with Gasteiger partial charge in [-0.2, -0.15) is 0 Å². The Morgan fingerprint density at radius 2 is 0.762 bits per heavy atom. The van der Waals surface area contributed by atoms with E-state index in [4.69, 9.17) is 0 Å². The first-order valence-electron chi connectivity index (χ1n) is 6.32. The fourth-order valence-electron chi connectivity index (χ4n) is 1.54. The van der Waals surface area contributed by atoms with Gasteiger partial charge in [0.1, 0.15) is 0 Å².